The first kappa shape index (κ1) is 16.1. The van der Waals surface area contributed by atoms with Gasteiger partial charge in [-0.15, -0.1) is 0 Å². The molecule has 6 heteroatoms. The van der Waals surface area contributed by atoms with Gasteiger partial charge in [-0.1, -0.05) is 41.9 Å². The van der Waals surface area contributed by atoms with Crippen molar-refractivity contribution < 1.29 is 4.79 Å². The number of benzene rings is 2. The molecule has 0 bridgehead atoms. The van der Waals surface area contributed by atoms with E-state index in [0.717, 1.165) is 0 Å². The van der Waals surface area contributed by atoms with Gasteiger partial charge in [-0.2, -0.15) is 5.10 Å². The molecule has 3 rings (SSSR count). The first-order valence-electron chi connectivity index (χ1n) is 7.51. The van der Waals surface area contributed by atoms with Crippen molar-refractivity contribution in [3.8, 4) is 0 Å². The molecule has 0 aliphatic rings. The van der Waals surface area contributed by atoms with E-state index in [4.69, 9.17) is 11.6 Å². The minimum atomic E-state index is -0.340. The quantitative estimate of drug-likeness (QED) is 0.732. The number of nitrogens with one attached hydrogen (secondary N) is 2. The Balaban J connectivity index is 1.61. The number of hydrogen-bond acceptors (Lipinski definition) is 2. The van der Waals surface area contributed by atoms with Crippen molar-refractivity contribution in [1.82, 2.24) is 9.78 Å². The molecule has 5 nitrogen and oxygen atoms in total. The molecule has 0 atom stereocenters. The first-order chi connectivity index (χ1) is 11.6. The molecule has 0 saturated carbocycles. The largest absolute Gasteiger partial charge is 0.323 e. The highest BCUT2D eigenvalue weighted by atomic mass is 35.5. The predicted octanol–water partition coefficient (Wildman–Crippen LogP) is 4.54. The molecule has 2 aromatic carbocycles. The van der Waals surface area contributed by atoms with Crippen LogP contribution in [0.1, 0.15) is 11.1 Å². The lowest BCUT2D eigenvalue weighted by molar-refractivity contribution is 0.262. The Morgan fingerprint density at radius 2 is 1.92 bits per heavy atom. The summed E-state index contributed by atoms with van der Waals surface area (Å²) >= 11 is 5.90. The number of aromatic nitrogens is 2. The fourth-order valence-corrected chi connectivity index (χ4v) is 2.53. The molecule has 3 aromatic rings. The average molecular weight is 341 g/mol. The van der Waals surface area contributed by atoms with E-state index >= 15 is 0 Å². The summed E-state index contributed by atoms with van der Waals surface area (Å²) < 4.78 is 1.79. The van der Waals surface area contributed by atoms with Gasteiger partial charge in [0.25, 0.3) is 0 Å². The number of rotatable bonds is 4. The van der Waals surface area contributed by atoms with Crippen molar-refractivity contribution in [2.45, 2.75) is 13.5 Å². The summed E-state index contributed by atoms with van der Waals surface area (Å²) in [6, 6.07) is 14.8. The molecule has 0 saturated heterocycles. The minimum Gasteiger partial charge on any atom is -0.308 e. The molecule has 1 aromatic heterocycles. The van der Waals surface area contributed by atoms with Crippen molar-refractivity contribution in [2.75, 3.05) is 10.6 Å². The maximum atomic E-state index is 12.0. The number of anilines is 2. The van der Waals surface area contributed by atoms with Crippen LogP contribution in [0.3, 0.4) is 0 Å². The van der Waals surface area contributed by atoms with Crippen molar-refractivity contribution in [2.24, 2.45) is 0 Å². The summed E-state index contributed by atoms with van der Waals surface area (Å²) in [5.41, 5.74) is 3.66. The van der Waals surface area contributed by atoms with Gasteiger partial charge in [0.1, 0.15) is 0 Å². The predicted molar refractivity (Wildman–Crippen MR) is 96.6 cm³/mol. The fourth-order valence-electron chi connectivity index (χ4n) is 2.34. The highest BCUT2D eigenvalue weighted by molar-refractivity contribution is 6.30. The van der Waals surface area contributed by atoms with Gasteiger partial charge in [-0.25, -0.2) is 4.79 Å². The van der Waals surface area contributed by atoms with Crippen molar-refractivity contribution in [1.29, 1.82) is 0 Å². The SMILES string of the molecule is Cc1ccccc1Cn1cc(NC(=O)Nc2cccc(Cl)c2)cn1. The Hall–Kier alpha value is -2.79. The lowest BCUT2D eigenvalue weighted by Gasteiger charge is -2.06. The van der Waals surface area contributed by atoms with Crippen LogP contribution in [-0.2, 0) is 6.54 Å². The molecule has 0 aliphatic carbocycles. The number of aryl methyl sites for hydroxylation is 1. The first-order valence-corrected chi connectivity index (χ1v) is 7.88. The van der Waals surface area contributed by atoms with Crippen LogP contribution in [0.4, 0.5) is 16.2 Å². The average Bonchev–Trinajstić information content (AvgIpc) is 2.96. The van der Waals surface area contributed by atoms with Gasteiger partial charge in [0.15, 0.2) is 0 Å². The van der Waals surface area contributed by atoms with Crippen LogP contribution in [0, 0.1) is 6.92 Å². The lowest BCUT2D eigenvalue weighted by Crippen LogP contribution is -2.19. The second-order valence-corrected chi connectivity index (χ2v) is 5.88. The third-order valence-corrected chi connectivity index (χ3v) is 3.80. The molecule has 0 fully saturated rings. The van der Waals surface area contributed by atoms with Crippen LogP contribution in [0.5, 0.6) is 0 Å². The second-order valence-electron chi connectivity index (χ2n) is 5.44. The Labute approximate surface area is 145 Å². The van der Waals surface area contributed by atoms with Crippen LogP contribution in [0.25, 0.3) is 0 Å². The zero-order chi connectivity index (χ0) is 16.9. The van der Waals surface area contributed by atoms with E-state index in [1.165, 1.54) is 11.1 Å². The van der Waals surface area contributed by atoms with Crippen LogP contribution in [0.2, 0.25) is 5.02 Å². The summed E-state index contributed by atoms with van der Waals surface area (Å²) in [5.74, 6) is 0. The zero-order valence-electron chi connectivity index (χ0n) is 13.2. The van der Waals surface area contributed by atoms with Gasteiger partial charge in [0.2, 0.25) is 0 Å². The number of carbonyl (C=O) groups is 1. The standard InChI is InChI=1S/C18H17ClN4O/c1-13-5-2-3-6-14(13)11-23-12-17(10-20-23)22-18(24)21-16-8-4-7-15(19)9-16/h2-10,12H,11H2,1H3,(H2,21,22,24). The smallest absolute Gasteiger partial charge is 0.308 e. The summed E-state index contributed by atoms with van der Waals surface area (Å²) in [5, 5.41) is 10.3. The molecular formula is C18H17ClN4O. The summed E-state index contributed by atoms with van der Waals surface area (Å²) in [7, 11) is 0. The molecular weight excluding hydrogens is 324 g/mol. The van der Waals surface area contributed by atoms with Gasteiger partial charge in [0, 0.05) is 16.9 Å². The van der Waals surface area contributed by atoms with Gasteiger partial charge < -0.3 is 10.6 Å². The molecule has 2 amide bonds. The fraction of sp³-hybridized carbons (Fsp3) is 0.111. The van der Waals surface area contributed by atoms with Crippen LogP contribution in [-0.4, -0.2) is 15.8 Å². The number of amides is 2. The van der Waals surface area contributed by atoms with Crippen molar-refractivity contribution >= 4 is 29.0 Å². The van der Waals surface area contributed by atoms with E-state index in [0.29, 0.717) is 22.9 Å². The summed E-state index contributed by atoms with van der Waals surface area (Å²) in [6.07, 6.45) is 3.42. The maximum absolute atomic E-state index is 12.0. The van der Waals surface area contributed by atoms with Crippen LogP contribution in [0.15, 0.2) is 60.9 Å². The Kier molecular flexibility index (Phi) is 4.82. The summed E-state index contributed by atoms with van der Waals surface area (Å²) in [6.45, 7) is 2.72. The lowest BCUT2D eigenvalue weighted by atomic mass is 10.1. The summed E-state index contributed by atoms with van der Waals surface area (Å²) in [4.78, 5) is 12.0. The van der Waals surface area contributed by atoms with E-state index in [2.05, 4.69) is 34.8 Å². The number of halogens is 1. The van der Waals surface area contributed by atoms with Crippen molar-refractivity contribution in [3.63, 3.8) is 0 Å². The van der Waals surface area contributed by atoms with Crippen LogP contribution < -0.4 is 10.6 Å². The third kappa shape index (κ3) is 4.14. The van der Waals surface area contributed by atoms with Crippen LogP contribution >= 0.6 is 11.6 Å². The van der Waals surface area contributed by atoms with Gasteiger partial charge in [-0.3, -0.25) is 4.68 Å². The van der Waals surface area contributed by atoms with Gasteiger partial charge in [-0.05, 0) is 36.2 Å². The number of hydrogen-bond donors (Lipinski definition) is 2. The normalized spacial score (nSPS) is 10.4. The molecule has 0 radical (unpaired) electrons. The van der Waals surface area contributed by atoms with E-state index < -0.39 is 0 Å². The van der Waals surface area contributed by atoms with E-state index in [1.54, 1.807) is 41.3 Å². The molecule has 2 N–H and O–H groups in total. The molecule has 24 heavy (non-hydrogen) atoms. The maximum Gasteiger partial charge on any atom is 0.323 e. The monoisotopic (exact) mass is 340 g/mol. The molecule has 0 aliphatic heterocycles. The molecule has 122 valence electrons. The third-order valence-electron chi connectivity index (χ3n) is 3.57. The topological polar surface area (TPSA) is 59.0 Å². The number of carbonyl (C=O) groups excluding carboxylic acids is 1. The highest BCUT2D eigenvalue weighted by Gasteiger charge is 2.06. The zero-order valence-corrected chi connectivity index (χ0v) is 13.9. The van der Waals surface area contributed by atoms with Crippen molar-refractivity contribution in [3.05, 3.63) is 77.1 Å². The Morgan fingerprint density at radius 1 is 1.12 bits per heavy atom. The Morgan fingerprint density at radius 3 is 2.71 bits per heavy atom. The van der Waals surface area contributed by atoms with Gasteiger partial charge >= 0.3 is 6.03 Å². The Bertz CT molecular complexity index is 859. The van der Waals surface area contributed by atoms with E-state index in [9.17, 15) is 4.79 Å². The highest BCUT2D eigenvalue weighted by Crippen LogP contribution is 2.16. The number of nitrogens with zero attached hydrogens (tertiary/aromatic N) is 2. The molecule has 0 unspecified atom stereocenters. The van der Waals surface area contributed by atoms with E-state index in [-0.39, 0.29) is 6.03 Å². The molecule has 1 heterocycles. The second kappa shape index (κ2) is 7.19. The van der Waals surface area contributed by atoms with Gasteiger partial charge in [0.05, 0.1) is 18.4 Å². The minimum absolute atomic E-state index is 0.340. The molecule has 0 spiro atoms. The van der Waals surface area contributed by atoms with E-state index in [1.807, 2.05) is 12.1 Å². The number of urea groups is 1.